The Balaban J connectivity index is 2.88. The molecule has 0 saturated heterocycles. The molecule has 0 aliphatic heterocycles. The summed E-state index contributed by atoms with van der Waals surface area (Å²) in [6.45, 7) is 8.63. The Hall–Kier alpha value is -1.36. The molecule has 1 rings (SSSR count). The Morgan fingerprint density at radius 1 is 1.50 bits per heavy atom. The Morgan fingerprint density at radius 2 is 2.10 bits per heavy atom. The third-order valence-corrected chi connectivity index (χ3v) is 1.38. The largest absolute Gasteiger partial charge is 0.309 e. The lowest BCUT2D eigenvalue weighted by molar-refractivity contribution is 0.955. The van der Waals surface area contributed by atoms with Crippen molar-refractivity contribution in [1.82, 2.24) is 4.98 Å². The van der Waals surface area contributed by atoms with E-state index in [4.69, 9.17) is 6.57 Å². The summed E-state index contributed by atoms with van der Waals surface area (Å²) in [5.41, 5.74) is 1.03. The maximum Gasteiger partial charge on any atom is 0.246 e. The molecule has 0 fully saturated rings. The van der Waals surface area contributed by atoms with Gasteiger partial charge in [0.1, 0.15) is 0 Å². The molecule has 1 atom stereocenters. The minimum absolute atomic E-state index is 0.0389. The fraction of sp³-hybridized carbons (Fsp3) is 0.250. The normalized spacial score (nSPS) is 12.0. The summed E-state index contributed by atoms with van der Waals surface area (Å²) in [6, 6.07) is 3.69. The highest BCUT2D eigenvalue weighted by molar-refractivity contribution is 5.16. The molecule has 0 saturated carbocycles. The Morgan fingerprint density at radius 3 is 2.60 bits per heavy atom. The van der Waals surface area contributed by atoms with E-state index >= 15 is 0 Å². The van der Waals surface area contributed by atoms with Crippen molar-refractivity contribution in [2.75, 3.05) is 0 Å². The van der Waals surface area contributed by atoms with Gasteiger partial charge < -0.3 is 4.85 Å². The summed E-state index contributed by atoms with van der Waals surface area (Å²) < 4.78 is 0. The molecule has 50 valence electrons. The van der Waals surface area contributed by atoms with Gasteiger partial charge in [0.25, 0.3) is 0 Å². The summed E-state index contributed by atoms with van der Waals surface area (Å²) >= 11 is 0. The van der Waals surface area contributed by atoms with Crippen molar-refractivity contribution in [3.63, 3.8) is 0 Å². The van der Waals surface area contributed by atoms with Crippen LogP contribution in [0.25, 0.3) is 4.85 Å². The van der Waals surface area contributed by atoms with Crippen LogP contribution >= 0.6 is 0 Å². The molecule has 2 heteroatoms. The average Bonchev–Trinajstić information content (AvgIpc) is 2.05. The van der Waals surface area contributed by atoms with Crippen LogP contribution in [0.3, 0.4) is 0 Å². The molecule has 0 bridgehead atoms. The van der Waals surface area contributed by atoms with E-state index in [1.807, 2.05) is 19.1 Å². The first-order valence-electron chi connectivity index (χ1n) is 3.11. The lowest BCUT2D eigenvalue weighted by atomic mass is 10.1. The van der Waals surface area contributed by atoms with Gasteiger partial charge in [-0.05, 0) is 12.1 Å². The number of rotatable bonds is 1. The SMILES string of the molecule is [C-]#[N+][C@@H](C)c1ccncc1. The molecule has 0 radical (unpaired) electrons. The van der Waals surface area contributed by atoms with E-state index in [0.29, 0.717) is 0 Å². The number of hydrogen-bond acceptors (Lipinski definition) is 1. The predicted molar refractivity (Wildman–Crippen MR) is 39.3 cm³/mol. The van der Waals surface area contributed by atoms with Crippen molar-refractivity contribution < 1.29 is 0 Å². The molecule has 0 spiro atoms. The Labute approximate surface area is 60.3 Å². The van der Waals surface area contributed by atoms with E-state index in [1.165, 1.54) is 0 Å². The summed E-state index contributed by atoms with van der Waals surface area (Å²) in [6.07, 6.45) is 3.41. The molecule has 0 aliphatic rings. The molecule has 0 amide bonds. The van der Waals surface area contributed by atoms with Crippen molar-refractivity contribution in [3.8, 4) is 0 Å². The van der Waals surface area contributed by atoms with Gasteiger partial charge >= 0.3 is 0 Å². The fourth-order valence-corrected chi connectivity index (χ4v) is 0.716. The van der Waals surface area contributed by atoms with Crippen molar-refractivity contribution in [2.45, 2.75) is 13.0 Å². The summed E-state index contributed by atoms with van der Waals surface area (Å²) in [4.78, 5) is 7.24. The molecule has 1 aromatic heterocycles. The van der Waals surface area contributed by atoms with Crippen molar-refractivity contribution in [2.24, 2.45) is 0 Å². The number of pyridine rings is 1. The zero-order valence-corrected chi connectivity index (χ0v) is 5.78. The first-order valence-corrected chi connectivity index (χ1v) is 3.11. The van der Waals surface area contributed by atoms with Crippen LogP contribution in [-0.2, 0) is 0 Å². The zero-order chi connectivity index (χ0) is 7.40. The van der Waals surface area contributed by atoms with Crippen molar-refractivity contribution in [3.05, 3.63) is 41.5 Å². The number of nitrogens with zero attached hydrogens (tertiary/aromatic N) is 2. The van der Waals surface area contributed by atoms with Crippen LogP contribution in [0.4, 0.5) is 0 Å². The number of aromatic nitrogens is 1. The zero-order valence-electron chi connectivity index (χ0n) is 5.78. The first-order chi connectivity index (χ1) is 4.84. The molecule has 1 aromatic rings. The van der Waals surface area contributed by atoms with Crippen molar-refractivity contribution >= 4 is 0 Å². The fourth-order valence-electron chi connectivity index (χ4n) is 0.716. The Bertz CT molecular complexity index is 235. The van der Waals surface area contributed by atoms with Gasteiger partial charge in [0.05, 0.1) is 0 Å². The van der Waals surface area contributed by atoms with Gasteiger partial charge in [0.2, 0.25) is 6.04 Å². The van der Waals surface area contributed by atoms with Crippen LogP contribution in [0.1, 0.15) is 18.5 Å². The maximum absolute atomic E-state index is 6.75. The molecule has 0 N–H and O–H groups in total. The lowest BCUT2D eigenvalue weighted by Gasteiger charge is -1.95. The Kier molecular flexibility index (Phi) is 2.01. The first kappa shape index (κ1) is 6.76. The van der Waals surface area contributed by atoms with Gasteiger partial charge in [-0.3, -0.25) is 4.98 Å². The lowest BCUT2D eigenvalue weighted by Crippen LogP contribution is -1.85. The summed E-state index contributed by atoms with van der Waals surface area (Å²) in [5, 5.41) is 0. The highest BCUT2D eigenvalue weighted by atomic mass is 14.7. The van der Waals surface area contributed by atoms with Gasteiger partial charge in [0, 0.05) is 24.9 Å². The standard InChI is InChI=1S/C8H8N2/c1-7(9-2)8-3-5-10-6-4-8/h3-7H,1H3/t7-/m0/s1. The highest BCUT2D eigenvalue weighted by Crippen LogP contribution is 2.13. The second kappa shape index (κ2) is 2.98. The van der Waals surface area contributed by atoms with Crippen LogP contribution in [0, 0.1) is 6.57 Å². The predicted octanol–water partition coefficient (Wildman–Crippen LogP) is 2.06. The maximum atomic E-state index is 6.75. The van der Waals surface area contributed by atoms with Crippen LogP contribution in [-0.4, -0.2) is 4.98 Å². The molecular weight excluding hydrogens is 124 g/mol. The minimum Gasteiger partial charge on any atom is -0.309 e. The molecule has 0 unspecified atom stereocenters. The van der Waals surface area contributed by atoms with Gasteiger partial charge in [-0.25, -0.2) is 6.57 Å². The molecule has 2 nitrogen and oxygen atoms in total. The van der Waals surface area contributed by atoms with E-state index in [-0.39, 0.29) is 6.04 Å². The van der Waals surface area contributed by atoms with E-state index in [0.717, 1.165) is 5.56 Å². The number of hydrogen-bond donors (Lipinski definition) is 0. The average molecular weight is 132 g/mol. The van der Waals surface area contributed by atoms with Crippen LogP contribution in [0.15, 0.2) is 24.5 Å². The van der Waals surface area contributed by atoms with E-state index in [2.05, 4.69) is 9.83 Å². The van der Waals surface area contributed by atoms with Gasteiger partial charge in [-0.2, -0.15) is 0 Å². The van der Waals surface area contributed by atoms with Crippen LogP contribution in [0.2, 0.25) is 0 Å². The highest BCUT2D eigenvalue weighted by Gasteiger charge is 2.05. The molecule has 0 aromatic carbocycles. The molecule has 10 heavy (non-hydrogen) atoms. The third-order valence-electron chi connectivity index (χ3n) is 1.38. The second-order valence-corrected chi connectivity index (χ2v) is 2.09. The quantitative estimate of drug-likeness (QED) is 0.534. The summed E-state index contributed by atoms with van der Waals surface area (Å²) in [7, 11) is 0. The molecule has 1 heterocycles. The van der Waals surface area contributed by atoms with Gasteiger partial charge in [0.15, 0.2) is 0 Å². The van der Waals surface area contributed by atoms with Gasteiger partial charge in [-0.15, -0.1) is 0 Å². The van der Waals surface area contributed by atoms with Crippen LogP contribution in [0.5, 0.6) is 0 Å². The monoisotopic (exact) mass is 132 g/mol. The van der Waals surface area contributed by atoms with E-state index in [9.17, 15) is 0 Å². The summed E-state index contributed by atoms with van der Waals surface area (Å²) in [5.74, 6) is 0. The van der Waals surface area contributed by atoms with E-state index < -0.39 is 0 Å². The smallest absolute Gasteiger partial charge is 0.246 e. The van der Waals surface area contributed by atoms with Crippen LogP contribution < -0.4 is 0 Å². The topological polar surface area (TPSA) is 17.2 Å². The van der Waals surface area contributed by atoms with Crippen molar-refractivity contribution in [1.29, 1.82) is 0 Å². The second-order valence-electron chi connectivity index (χ2n) is 2.09. The molecular formula is C8H8N2. The minimum atomic E-state index is -0.0389. The van der Waals surface area contributed by atoms with Gasteiger partial charge in [-0.1, -0.05) is 0 Å². The van der Waals surface area contributed by atoms with E-state index in [1.54, 1.807) is 12.4 Å². The molecule has 0 aliphatic carbocycles. The third kappa shape index (κ3) is 1.32.